The van der Waals surface area contributed by atoms with E-state index in [2.05, 4.69) is 122 Å². The third-order valence-electron chi connectivity index (χ3n) is 15.5. The molecule has 0 aromatic heterocycles. The van der Waals surface area contributed by atoms with E-state index in [1.54, 1.807) is 5.57 Å². The fourth-order valence-electron chi connectivity index (χ4n) is 10.9. The predicted octanol–water partition coefficient (Wildman–Crippen LogP) is 13.1. The van der Waals surface area contributed by atoms with E-state index in [0.29, 0.717) is 29.0 Å². The van der Waals surface area contributed by atoms with Gasteiger partial charge in [-0.2, -0.15) is 0 Å². The molecule has 2 unspecified atom stereocenters. The predicted molar refractivity (Wildman–Crippen MR) is 202 cm³/mol. The second-order valence-electron chi connectivity index (χ2n) is 21.3. The summed E-state index contributed by atoms with van der Waals surface area (Å²) in [5.41, 5.74) is 2.55. The molecule has 4 aliphatic rings. The highest BCUT2D eigenvalue weighted by Crippen LogP contribution is 2.70. The highest BCUT2D eigenvalue weighted by atomic mass is 28.4. The molecule has 3 saturated carbocycles. The third kappa shape index (κ3) is 6.81. The third-order valence-corrected chi connectivity index (χ3v) is 24.5. The fraction of sp³-hybridized carbons (Fsp3) is 0.951. The number of fused-ring (bicyclic) bond motifs is 5. The van der Waals surface area contributed by atoms with Crippen molar-refractivity contribution in [3.8, 4) is 0 Å². The second kappa shape index (κ2) is 12.5. The van der Waals surface area contributed by atoms with Gasteiger partial charge < -0.3 is 8.85 Å². The number of allylic oxidation sites excluding steroid dienone is 1. The van der Waals surface area contributed by atoms with E-state index in [9.17, 15) is 0 Å². The number of hydrogen-bond acceptors (Lipinski definition) is 2. The lowest BCUT2D eigenvalue weighted by molar-refractivity contribution is -0.0781. The minimum Gasteiger partial charge on any atom is -0.414 e. The van der Waals surface area contributed by atoms with E-state index >= 15 is 0 Å². The van der Waals surface area contributed by atoms with Crippen molar-refractivity contribution in [1.29, 1.82) is 0 Å². The summed E-state index contributed by atoms with van der Waals surface area (Å²) >= 11 is 0. The molecule has 0 radical (unpaired) electrons. The Labute approximate surface area is 284 Å². The standard InChI is InChI=1S/C41H78O2Si2/c1-28(2)19-18-20-29(3)36-33(42-44(14,15)37(4,5)6)27-32-30-21-22-34-39(10,11)35(43-45(16,17)38(7,8)9)24-26-40(34,12)31(30)23-25-41(32,36)13/h22,28-33,35-36H,18-21,23-27H2,1-17H3/t29-,30-,31+,32+,33?,35?,36+,40-,41+/m1/s1. The number of rotatable bonds is 9. The number of hydrogen-bond donors (Lipinski definition) is 0. The normalized spacial score (nSPS) is 38.0. The van der Waals surface area contributed by atoms with Crippen molar-refractivity contribution < 1.29 is 8.85 Å². The molecule has 9 atom stereocenters. The smallest absolute Gasteiger partial charge is 0.192 e. The first-order valence-electron chi connectivity index (χ1n) is 19.4. The zero-order valence-electron chi connectivity index (χ0n) is 33.4. The highest BCUT2D eigenvalue weighted by molar-refractivity contribution is 6.74. The van der Waals surface area contributed by atoms with Crippen molar-refractivity contribution in [1.82, 2.24) is 0 Å². The maximum Gasteiger partial charge on any atom is 0.192 e. The Balaban J connectivity index is 1.66. The van der Waals surface area contributed by atoms with Gasteiger partial charge in [-0.25, -0.2) is 0 Å². The van der Waals surface area contributed by atoms with Crippen LogP contribution in [-0.2, 0) is 8.85 Å². The summed E-state index contributed by atoms with van der Waals surface area (Å²) in [5, 5.41) is 0.500. The van der Waals surface area contributed by atoms with Crippen molar-refractivity contribution in [2.75, 3.05) is 0 Å². The summed E-state index contributed by atoms with van der Waals surface area (Å²) in [6.45, 7) is 42.3. The second-order valence-corrected chi connectivity index (χ2v) is 30.8. The Bertz CT molecular complexity index is 1070. The summed E-state index contributed by atoms with van der Waals surface area (Å²) in [4.78, 5) is 0. The van der Waals surface area contributed by atoms with Crippen LogP contribution in [0.2, 0.25) is 36.3 Å². The van der Waals surface area contributed by atoms with Gasteiger partial charge in [0.25, 0.3) is 0 Å². The van der Waals surface area contributed by atoms with Crippen molar-refractivity contribution in [3.63, 3.8) is 0 Å². The van der Waals surface area contributed by atoms with Crippen LogP contribution in [0.3, 0.4) is 0 Å². The first-order chi connectivity index (χ1) is 20.3. The molecule has 0 N–H and O–H groups in total. The molecule has 4 aliphatic carbocycles. The van der Waals surface area contributed by atoms with Gasteiger partial charge in [0.05, 0.1) is 6.10 Å². The van der Waals surface area contributed by atoms with Gasteiger partial charge in [-0.1, -0.05) is 121 Å². The SMILES string of the molecule is CC(C)CCC[C@@H](C)[C@H]1C(O[Si](C)(C)C(C)(C)C)C[C@H]2[C@@H]3CC=C4C(C)(C)C(O[Si](C)(C)C(C)(C)C)CC[C@]4(C)[C@H]3CC[C@]12C. The molecule has 0 amide bonds. The molecule has 0 aliphatic heterocycles. The van der Waals surface area contributed by atoms with Crippen LogP contribution in [0.5, 0.6) is 0 Å². The van der Waals surface area contributed by atoms with Crippen molar-refractivity contribution in [2.45, 2.75) is 196 Å². The molecule has 0 heterocycles. The van der Waals surface area contributed by atoms with Crippen molar-refractivity contribution in [3.05, 3.63) is 11.6 Å². The molecule has 0 aromatic carbocycles. The highest BCUT2D eigenvalue weighted by Gasteiger charge is 2.64. The van der Waals surface area contributed by atoms with Crippen LogP contribution in [0.4, 0.5) is 0 Å². The summed E-state index contributed by atoms with van der Waals surface area (Å²) in [6.07, 6.45) is 15.5. The largest absolute Gasteiger partial charge is 0.414 e. The maximum atomic E-state index is 7.52. The lowest BCUT2D eigenvalue weighted by atomic mass is 9.44. The Morgan fingerprint density at radius 2 is 1.38 bits per heavy atom. The Morgan fingerprint density at radius 3 is 1.93 bits per heavy atom. The Kier molecular flexibility index (Phi) is 10.5. The summed E-state index contributed by atoms with van der Waals surface area (Å²) in [7, 11) is -3.71. The molecule has 2 nitrogen and oxygen atoms in total. The summed E-state index contributed by atoms with van der Waals surface area (Å²) in [5.74, 6) is 4.60. The minimum atomic E-state index is -1.87. The zero-order chi connectivity index (χ0) is 34.2. The lowest BCUT2D eigenvalue weighted by Crippen LogP contribution is -2.57. The van der Waals surface area contributed by atoms with Crippen LogP contribution < -0.4 is 0 Å². The van der Waals surface area contributed by atoms with E-state index in [1.165, 1.54) is 57.8 Å². The monoisotopic (exact) mass is 659 g/mol. The van der Waals surface area contributed by atoms with Gasteiger partial charge in [0.1, 0.15) is 0 Å². The average Bonchev–Trinajstić information content (AvgIpc) is 3.15. The quantitative estimate of drug-likeness (QED) is 0.181. The van der Waals surface area contributed by atoms with Gasteiger partial charge in [0, 0.05) is 11.5 Å². The average molecular weight is 659 g/mol. The van der Waals surface area contributed by atoms with Crippen LogP contribution in [0, 0.1) is 51.8 Å². The molecule has 4 rings (SSSR count). The van der Waals surface area contributed by atoms with Gasteiger partial charge in [0.15, 0.2) is 16.6 Å². The van der Waals surface area contributed by atoms with E-state index in [0.717, 1.165) is 29.6 Å². The lowest BCUT2D eigenvalue weighted by Gasteiger charge is -2.62. The van der Waals surface area contributed by atoms with Crippen LogP contribution in [0.25, 0.3) is 0 Å². The van der Waals surface area contributed by atoms with Crippen molar-refractivity contribution in [2.24, 2.45) is 51.8 Å². The molecule has 45 heavy (non-hydrogen) atoms. The summed E-state index contributed by atoms with van der Waals surface area (Å²) < 4.78 is 14.8. The first-order valence-corrected chi connectivity index (χ1v) is 25.2. The van der Waals surface area contributed by atoms with Crippen LogP contribution >= 0.6 is 0 Å². The van der Waals surface area contributed by atoms with Gasteiger partial charge in [0.2, 0.25) is 0 Å². The van der Waals surface area contributed by atoms with Crippen LogP contribution in [0.1, 0.15) is 148 Å². The molecular weight excluding hydrogens is 581 g/mol. The van der Waals surface area contributed by atoms with Crippen LogP contribution in [0.15, 0.2) is 11.6 Å². The molecule has 0 bridgehead atoms. The summed E-state index contributed by atoms with van der Waals surface area (Å²) in [6, 6.07) is 0. The molecule has 4 heteroatoms. The minimum absolute atomic E-state index is 0.103. The Morgan fingerprint density at radius 1 is 0.800 bits per heavy atom. The Hall–Kier alpha value is 0.0938. The van der Waals surface area contributed by atoms with Gasteiger partial charge in [-0.15, -0.1) is 0 Å². The molecule has 0 saturated heterocycles. The van der Waals surface area contributed by atoms with Crippen molar-refractivity contribution >= 4 is 16.6 Å². The molecule has 0 aromatic rings. The molecule has 0 spiro atoms. The molecule has 262 valence electrons. The molecule has 3 fully saturated rings. The van der Waals surface area contributed by atoms with Gasteiger partial charge >= 0.3 is 0 Å². The molecular formula is C41H78O2Si2. The van der Waals surface area contributed by atoms with E-state index in [-0.39, 0.29) is 15.5 Å². The van der Waals surface area contributed by atoms with Gasteiger partial charge in [-0.05, 0) is 121 Å². The van der Waals surface area contributed by atoms with Gasteiger partial charge in [-0.3, -0.25) is 0 Å². The topological polar surface area (TPSA) is 18.5 Å². The fourth-order valence-corrected chi connectivity index (χ4v) is 13.7. The van der Waals surface area contributed by atoms with E-state index in [4.69, 9.17) is 8.85 Å². The van der Waals surface area contributed by atoms with E-state index < -0.39 is 16.6 Å². The first kappa shape index (κ1) is 37.9. The van der Waals surface area contributed by atoms with Crippen LogP contribution in [-0.4, -0.2) is 28.8 Å². The van der Waals surface area contributed by atoms with E-state index in [1.807, 2.05) is 0 Å². The maximum absolute atomic E-state index is 7.52. The zero-order valence-corrected chi connectivity index (χ0v) is 35.4.